The summed E-state index contributed by atoms with van der Waals surface area (Å²) in [5.41, 5.74) is 1.52. The number of amides is 2. The Balaban J connectivity index is 1.98. The van der Waals surface area contributed by atoms with E-state index < -0.39 is 0 Å². The highest BCUT2D eigenvalue weighted by Gasteiger charge is 2.29. The molecule has 1 heterocycles. The van der Waals surface area contributed by atoms with Gasteiger partial charge in [-0.15, -0.1) is 0 Å². The van der Waals surface area contributed by atoms with Crippen molar-refractivity contribution in [2.45, 2.75) is 25.9 Å². The zero-order valence-corrected chi connectivity index (χ0v) is 17.6. The molecule has 0 saturated carbocycles. The maximum Gasteiger partial charge on any atom is 0.317 e. The van der Waals surface area contributed by atoms with Gasteiger partial charge in [0, 0.05) is 44.8 Å². The van der Waals surface area contributed by atoms with Crippen LogP contribution in [0.25, 0.3) is 0 Å². The summed E-state index contributed by atoms with van der Waals surface area (Å²) in [7, 11) is 4.00. The number of nitriles is 1. The molecule has 1 aliphatic rings. The Morgan fingerprint density at radius 3 is 2.43 bits per heavy atom. The summed E-state index contributed by atoms with van der Waals surface area (Å²) >= 11 is 0. The molecular formula is C21H33N5O2. The fourth-order valence-electron chi connectivity index (χ4n) is 3.16. The predicted molar refractivity (Wildman–Crippen MR) is 110 cm³/mol. The normalized spacial score (nSPS) is 15.3. The van der Waals surface area contributed by atoms with Crippen molar-refractivity contribution in [1.82, 2.24) is 20.0 Å². The van der Waals surface area contributed by atoms with Gasteiger partial charge in [-0.1, -0.05) is 12.1 Å². The topological polar surface area (TPSA) is 71.8 Å². The molecule has 0 atom stereocenters. The summed E-state index contributed by atoms with van der Waals surface area (Å²) in [6, 6.07) is 9.46. The molecule has 1 aromatic rings. The maximum atomic E-state index is 12.9. The van der Waals surface area contributed by atoms with Crippen molar-refractivity contribution in [2.75, 3.05) is 60.0 Å². The lowest BCUT2D eigenvalue weighted by atomic mass is 10.0. The van der Waals surface area contributed by atoms with Gasteiger partial charge >= 0.3 is 6.03 Å². The van der Waals surface area contributed by atoms with Crippen molar-refractivity contribution in [3.05, 3.63) is 35.4 Å². The zero-order valence-electron chi connectivity index (χ0n) is 17.6. The number of likely N-dealkylation sites (N-methyl/N-ethyl adjacent to an activating group) is 1. The van der Waals surface area contributed by atoms with Crippen LogP contribution in [-0.2, 0) is 11.3 Å². The number of benzene rings is 1. The lowest BCUT2D eigenvalue weighted by Gasteiger charge is -2.41. The Bertz CT molecular complexity index is 660. The van der Waals surface area contributed by atoms with Gasteiger partial charge in [0.2, 0.25) is 0 Å². The molecule has 1 N–H and O–H groups in total. The van der Waals surface area contributed by atoms with E-state index in [1.807, 2.05) is 31.1 Å². The van der Waals surface area contributed by atoms with Crippen LogP contribution in [0.4, 0.5) is 4.79 Å². The molecule has 154 valence electrons. The van der Waals surface area contributed by atoms with Gasteiger partial charge in [-0.05, 0) is 45.6 Å². The standard InChI is InChI=1S/C21H33N5O2/c1-21(2,26-11-13-28-14-12-26)17-23-20(27)25(10-9-24(3)4)16-19-7-5-18(15-22)6-8-19/h5-8H,9-14,16-17H2,1-4H3,(H,23,27). The lowest BCUT2D eigenvalue weighted by Crippen LogP contribution is -2.56. The van der Waals surface area contributed by atoms with Crippen LogP contribution in [-0.4, -0.2) is 86.3 Å². The minimum Gasteiger partial charge on any atom is -0.379 e. The van der Waals surface area contributed by atoms with Crippen molar-refractivity contribution < 1.29 is 9.53 Å². The van der Waals surface area contributed by atoms with Crippen LogP contribution in [0.5, 0.6) is 0 Å². The SMILES string of the molecule is CN(C)CCN(Cc1ccc(C#N)cc1)C(=O)NCC(C)(C)N1CCOCC1. The lowest BCUT2D eigenvalue weighted by molar-refractivity contribution is -0.00907. The average molecular weight is 388 g/mol. The second kappa shape index (κ2) is 10.4. The van der Waals surface area contributed by atoms with E-state index in [1.165, 1.54) is 0 Å². The summed E-state index contributed by atoms with van der Waals surface area (Å²) in [5, 5.41) is 12.1. The Hall–Kier alpha value is -2.14. The predicted octanol–water partition coefficient (Wildman–Crippen LogP) is 1.74. The number of nitrogens with one attached hydrogen (secondary N) is 1. The third-order valence-corrected chi connectivity index (χ3v) is 5.10. The number of hydrogen-bond acceptors (Lipinski definition) is 5. The first-order valence-corrected chi connectivity index (χ1v) is 9.81. The van der Waals surface area contributed by atoms with Crippen LogP contribution >= 0.6 is 0 Å². The number of carbonyl (C=O) groups is 1. The second-order valence-corrected chi connectivity index (χ2v) is 8.10. The summed E-state index contributed by atoms with van der Waals surface area (Å²) in [4.78, 5) is 19.2. The highest BCUT2D eigenvalue weighted by atomic mass is 16.5. The fourth-order valence-corrected chi connectivity index (χ4v) is 3.16. The molecule has 1 aromatic carbocycles. The van der Waals surface area contributed by atoms with E-state index in [1.54, 1.807) is 12.1 Å². The van der Waals surface area contributed by atoms with Crippen LogP contribution in [0.15, 0.2) is 24.3 Å². The van der Waals surface area contributed by atoms with E-state index in [-0.39, 0.29) is 11.6 Å². The zero-order chi connectivity index (χ0) is 20.6. The minimum atomic E-state index is -0.124. The highest BCUT2D eigenvalue weighted by molar-refractivity contribution is 5.74. The molecule has 1 saturated heterocycles. The Morgan fingerprint density at radius 2 is 1.86 bits per heavy atom. The van der Waals surface area contributed by atoms with Gasteiger partial charge in [0.25, 0.3) is 0 Å². The van der Waals surface area contributed by atoms with E-state index in [0.717, 1.165) is 38.4 Å². The van der Waals surface area contributed by atoms with Crippen LogP contribution < -0.4 is 5.32 Å². The van der Waals surface area contributed by atoms with Gasteiger partial charge in [-0.3, -0.25) is 4.90 Å². The fraction of sp³-hybridized carbons (Fsp3) is 0.619. The third kappa shape index (κ3) is 6.79. The molecule has 7 heteroatoms. The van der Waals surface area contributed by atoms with Gasteiger partial charge in [-0.25, -0.2) is 4.79 Å². The van der Waals surface area contributed by atoms with Crippen molar-refractivity contribution in [3.63, 3.8) is 0 Å². The van der Waals surface area contributed by atoms with Gasteiger partial charge in [0.05, 0.1) is 24.8 Å². The smallest absolute Gasteiger partial charge is 0.317 e. The molecule has 0 bridgehead atoms. The molecule has 2 rings (SSSR count). The largest absolute Gasteiger partial charge is 0.379 e. The molecule has 0 spiro atoms. The molecule has 0 aliphatic carbocycles. The number of hydrogen-bond donors (Lipinski definition) is 1. The molecule has 1 aliphatic heterocycles. The molecule has 28 heavy (non-hydrogen) atoms. The van der Waals surface area contributed by atoms with Gasteiger partial charge in [0.15, 0.2) is 0 Å². The van der Waals surface area contributed by atoms with E-state index in [0.29, 0.717) is 25.2 Å². The average Bonchev–Trinajstić information content (AvgIpc) is 2.70. The summed E-state index contributed by atoms with van der Waals surface area (Å²) < 4.78 is 5.43. The Kier molecular flexibility index (Phi) is 8.24. The van der Waals surface area contributed by atoms with Gasteiger partial charge in [0.1, 0.15) is 0 Å². The van der Waals surface area contributed by atoms with Crippen LogP contribution in [0, 0.1) is 11.3 Å². The van der Waals surface area contributed by atoms with Crippen molar-refractivity contribution in [1.29, 1.82) is 5.26 Å². The van der Waals surface area contributed by atoms with Crippen molar-refractivity contribution in [3.8, 4) is 6.07 Å². The Labute approximate surface area is 168 Å². The summed E-state index contributed by atoms with van der Waals surface area (Å²) in [6.45, 7) is 10.1. The van der Waals surface area contributed by atoms with E-state index >= 15 is 0 Å². The molecule has 0 aromatic heterocycles. The second-order valence-electron chi connectivity index (χ2n) is 8.10. The van der Waals surface area contributed by atoms with Crippen molar-refractivity contribution >= 4 is 6.03 Å². The first-order chi connectivity index (χ1) is 13.3. The number of nitrogens with zero attached hydrogens (tertiary/aromatic N) is 4. The highest BCUT2D eigenvalue weighted by Crippen LogP contribution is 2.15. The quantitative estimate of drug-likeness (QED) is 0.736. The van der Waals surface area contributed by atoms with E-state index in [9.17, 15) is 4.79 Å². The first kappa shape index (κ1) is 22.2. The third-order valence-electron chi connectivity index (χ3n) is 5.10. The number of ether oxygens (including phenoxy) is 1. The number of morpholine rings is 1. The van der Waals surface area contributed by atoms with Gasteiger partial charge in [-0.2, -0.15) is 5.26 Å². The maximum absolute atomic E-state index is 12.9. The van der Waals surface area contributed by atoms with Gasteiger partial charge < -0.3 is 19.9 Å². The molecule has 1 fully saturated rings. The molecular weight excluding hydrogens is 354 g/mol. The van der Waals surface area contributed by atoms with E-state index in [4.69, 9.17) is 10.00 Å². The number of rotatable bonds is 8. The molecule has 0 unspecified atom stereocenters. The molecule has 2 amide bonds. The monoisotopic (exact) mass is 387 g/mol. The van der Waals surface area contributed by atoms with Crippen LogP contribution in [0.3, 0.4) is 0 Å². The Morgan fingerprint density at radius 1 is 1.21 bits per heavy atom. The summed E-state index contributed by atoms with van der Waals surface area (Å²) in [6.07, 6.45) is 0. The molecule has 7 nitrogen and oxygen atoms in total. The molecule has 0 radical (unpaired) electrons. The number of urea groups is 1. The van der Waals surface area contributed by atoms with Crippen molar-refractivity contribution in [2.24, 2.45) is 0 Å². The number of carbonyl (C=O) groups excluding carboxylic acids is 1. The van der Waals surface area contributed by atoms with Crippen LogP contribution in [0.2, 0.25) is 0 Å². The van der Waals surface area contributed by atoms with Crippen LogP contribution in [0.1, 0.15) is 25.0 Å². The van der Waals surface area contributed by atoms with E-state index in [2.05, 4.69) is 35.0 Å². The summed E-state index contributed by atoms with van der Waals surface area (Å²) in [5.74, 6) is 0. The minimum absolute atomic E-state index is 0.0625. The first-order valence-electron chi connectivity index (χ1n) is 9.81.